The number of rotatable bonds is 4. The molecule has 2 rings (SSSR count). The molecule has 1 fully saturated rings. The van der Waals surface area contributed by atoms with Crippen LogP contribution in [0.5, 0.6) is 0 Å². The molecule has 1 aromatic carbocycles. The van der Waals surface area contributed by atoms with Gasteiger partial charge in [0.25, 0.3) is 5.69 Å². The van der Waals surface area contributed by atoms with Crippen LogP contribution in [0.15, 0.2) is 16.6 Å². The van der Waals surface area contributed by atoms with Gasteiger partial charge in [-0.1, -0.05) is 11.6 Å². The van der Waals surface area contributed by atoms with Crippen molar-refractivity contribution in [2.75, 3.05) is 11.9 Å². The maximum Gasteiger partial charge on any atom is 0.293 e. The molecule has 1 aliphatic carbocycles. The van der Waals surface area contributed by atoms with E-state index >= 15 is 0 Å². The van der Waals surface area contributed by atoms with Gasteiger partial charge in [0.15, 0.2) is 0 Å². The quantitative estimate of drug-likeness (QED) is 0.679. The molecule has 1 aromatic rings. The zero-order chi connectivity index (χ0) is 11.7. The standard InChI is InChI=1S/C10H10BrClN2O2/c11-7-3-9(13-5-6-1-2-6)10(14(15)16)4-8(7)12/h3-4,6,13H,1-2,5H2. The Balaban J connectivity index is 2.24. The molecule has 0 saturated heterocycles. The Labute approximate surface area is 106 Å². The Morgan fingerprint density at radius 3 is 2.81 bits per heavy atom. The molecular weight excluding hydrogens is 295 g/mol. The molecule has 4 nitrogen and oxygen atoms in total. The lowest BCUT2D eigenvalue weighted by molar-refractivity contribution is -0.384. The van der Waals surface area contributed by atoms with Crippen molar-refractivity contribution >= 4 is 38.9 Å². The molecule has 0 aromatic heterocycles. The lowest BCUT2D eigenvalue weighted by Crippen LogP contribution is -2.05. The molecule has 0 atom stereocenters. The SMILES string of the molecule is O=[N+]([O-])c1cc(Cl)c(Br)cc1NCC1CC1. The second kappa shape index (κ2) is 4.59. The van der Waals surface area contributed by atoms with Crippen LogP contribution < -0.4 is 5.32 Å². The number of benzene rings is 1. The van der Waals surface area contributed by atoms with Crippen molar-refractivity contribution < 1.29 is 4.92 Å². The molecule has 1 saturated carbocycles. The smallest absolute Gasteiger partial charge is 0.293 e. The van der Waals surface area contributed by atoms with Gasteiger partial charge in [0, 0.05) is 17.1 Å². The van der Waals surface area contributed by atoms with Gasteiger partial charge in [-0.3, -0.25) is 10.1 Å². The van der Waals surface area contributed by atoms with Crippen molar-refractivity contribution in [3.05, 3.63) is 31.7 Å². The number of halogens is 2. The van der Waals surface area contributed by atoms with Crippen LogP contribution >= 0.6 is 27.5 Å². The van der Waals surface area contributed by atoms with E-state index in [1.54, 1.807) is 6.07 Å². The fraction of sp³-hybridized carbons (Fsp3) is 0.400. The number of nitrogens with zero attached hydrogens (tertiary/aromatic N) is 1. The minimum absolute atomic E-state index is 0.0221. The van der Waals surface area contributed by atoms with E-state index in [1.807, 2.05) is 0 Å². The molecule has 0 bridgehead atoms. The van der Waals surface area contributed by atoms with Gasteiger partial charge in [0.1, 0.15) is 5.69 Å². The van der Waals surface area contributed by atoms with Gasteiger partial charge >= 0.3 is 0 Å². The van der Waals surface area contributed by atoms with Gasteiger partial charge in [-0.25, -0.2) is 0 Å². The van der Waals surface area contributed by atoms with E-state index in [0.29, 0.717) is 21.1 Å². The molecule has 6 heteroatoms. The molecule has 0 amide bonds. The summed E-state index contributed by atoms with van der Waals surface area (Å²) in [5.41, 5.74) is 0.544. The van der Waals surface area contributed by atoms with Crippen LogP contribution in [0.4, 0.5) is 11.4 Å². The van der Waals surface area contributed by atoms with Gasteiger partial charge in [0.2, 0.25) is 0 Å². The van der Waals surface area contributed by atoms with Gasteiger partial charge in [0.05, 0.1) is 9.95 Å². The molecule has 16 heavy (non-hydrogen) atoms. The molecule has 0 aliphatic heterocycles. The Morgan fingerprint density at radius 1 is 1.56 bits per heavy atom. The van der Waals surface area contributed by atoms with Crippen LogP contribution in [0.3, 0.4) is 0 Å². The zero-order valence-electron chi connectivity index (χ0n) is 8.37. The number of nitrogens with one attached hydrogen (secondary N) is 1. The van der Waals surface area contributed by atoms with Crippen LogP contribution in [0.1, 0.15) is 12.8 Å². The van der Waals surface area contributed by atoms with Crippen LogP contribution in [0.25, 0.3) is 0 Å². The van der Waals surface area contributed by atoms with E-state index < -0.39 is 4.92 Å². The predicted molar refractivity (Wildman–Crippen MR) is 67.0 cm³/mol. The Hall–Kier alpha value is -0.810. The van der Waals surface area contributed by atoms with Crippen LogP contribution in [0.2, 0.25) is 5.02 Å². The highest BCUT2D eigenvalue weighted by Crippen LogP contribution is 2.35. The topological polar surface area (TPSA) is 55.2 Å². The van der Waals surface area contributed by atoms with Crippen molar-refractivity contribution in [1.29, 1.82) is 0 Å². The Kier molecular flexibility index (Phi) is 3.35. The average Bonchev–Trinajstić information content (AvgIpc) is 3.02. The minimum Gasteiger partial charge on any atom is -0.379 e. The molecule has 0 radical (unpaired) electrons. The maximum atomic E-state index is 10.8. The summed E-state index contributed by atoms with van der Waals surface area (Å²) >= 11 is 9.08. The first-order valence-corrected chi connectivity index (χ1v) is 6.12. The lowest BCUT2D eigenvalue weighted by Gasteiger charge is -2.07. The van der Waals surface area contributed by atoms with E-state index in [1.165, 1.54) is 18.9 Å². The van der Waals surface area contributed by atoms with Crippen molar-refractivity contribution in [2.45, 2.75) is 12.8 Å². The second-order valence-corrected chi connectivity index (χ2v) is 5.13. The number of anilines is 1. The van der Waals surface area contributed by atoms with E-state index in [-0.39, 0.29) is 5.69 Å². The normalized spacial score (nSPS) is 14.9. The average molecular weight is 306 g/mol. The van der Waals surface area contributed by atoms with Crippen LogP contribution in [-0.2, 0) is 0 Å². The van der Waals surface area contributed by atoms with E-state index in [4.69, 9.17) is 11.6 Å². The number of hydrogen-bond donors (Lipinski definition) is 1. The van der Waals surface area contributed by atoms with E-state index in [9.17, 15) is 10.1 Å². The largest absolute Gasteiger partial charge is 0.379 e. The summed E-state index contributed by atoms with van der Waals surface area (Å²) < 4.78 is 0.665. The highest BCUT2D eigenvalue weighted by Gasteiger charge is 2.23. The zero-order valence-corrected chi connectivity index (χ0v) is 10.7. The lowest BCUT2D eigenvalue weighted by atomic mass is 10.2. The Bertz CT molecular complexity index is 435. The van der Waals surface area contributed by atoms with E-state index in [0.717, 1.165) is 6.54 Å². The summed E-state index contributed by atoms with van der Waals surface area (Å²) in [4.78, 5) is 10.4. The van der Waals surface area contributed by atoms with Gasteiger partial charge < -0.3 is 5.32 Å². The molecule has 1 N–H and O–H groups in total. The second-order valence-electron chi connectivity index (χ2n) is 3.86. The summed E-state index contributed by atoms with van der Waals surface area (Å²) in [7, 11) is 0. The Morgan fingerprint density at radius 2 is 2.25 bits per heavy atom. The molecule has 0 heterocycles. The highest BCUT2D eigenvalue weighted by molar-refractivity contribution is 9.10. The molecule has 86 valence electrons. The van der Waals surface area contributed by atoms with Crippen molar-refractivity contribution in [3.8, 4) is 0 Å². The summed E-state index contributed by atoms with van der Waals surface area (Å²) in [6, 6.07) is 3.02. The highest BCUT2D eigenvalue weighted by atomic mass is 79.9. The fourth-order valence-corrected chi connectivity index (χ4v) is 1.91. The molecule has 1 aliphatic rings. The first kappa shape index (κ1) is 11.7. The predicted octanol–water partition coefficient (Wildman–Crippen LogP) is 3.83. The third kappa shape index (κ3) is 2.65. The first-order chi connectivity index (χ1) is 7.58. The molecule has 0 spiro atoms. The van der Waals surface area contributed by atoms with Gasteiger partial charge in [-0.05, 0) is 40.8 Å². The summed E-state index contributed by atoms with van der Waals surface area (Å²) in [5.74, 6) is 0.661. The number of nitro benzene ring substituents is 1. The van der Waals surface area contributed by atoms with Crippen LogP contribution in [0, 0.1) is 16.0 Å². The number of nitro groups is 1. The monoisotopic (exact) mass is 304 g/mol. The molecule has 0 unspecified atom stereocenters. The number of hydrogen-bond acceptors (Lipinski definition) is 3. The summed E-state index contributed by atoms with van der Waals surface area (Å²) in [6.07, 6.45) is 2.41. The first-order valence-electron chi connectivity index (χ1n) is 4.95. The fourth-order valence-electron chi connectivity index (χ4n) is 1.41. The van der Waals surface area contributed by atoms with Gasteiger partial charge in [-0.15, -0.1) is 0 Å². The molecular formula is C10H10BrClN2O2. The third-order valence-corrected chi connectivity index (χ3v) is 3.71. The van der Waals surface area contributed by atoms with Crippen molar-refractivity contribution in [3.63, 3.8) is 0 Å². The van der Waals surface area contributed by atoms with E-state index in [2.05, 4.69) is 21.2 Å². The maximum absolute atomic E-state index is 10.8. The third-order valence-electron chi connectivity index (χ3n) is 2.51. The summed E-state index contributed by atoms with van der Waals surface area (Å²) in [5, 5.41) is 14.3. The minimum atomic E-state index is -0.423. The van der Waals surface area contributed by atoms with Gasteiger partial charge in [-0.2, -0.15) is 0 Å². The van der Waals surface area contributed by atoms with Crippen molar-refractivity contribution in [1.82, 2.24) is 0 Å². The summed E-state index contributed by atoms with van der Waals surface area (Å²) in [6.45, 7) is 0.787. The van der Waals surface area contributed by atoms with Crippen molar-refractivity contribution in [2.24, 2.45) is 5.92 Å². The van der Waals surface area contributed by atoms with Crippen LogP contribution in [-0.4, -0.2) is 11.5 Å².